The summed E-state index contributed by atoms with van der Waals surface area (Å²) in [6.07, 6.45) is 4.21. The molecular formula is C41H64N12O10S. The number of guanidine groups is 1. The summed E-state index contributed by atoms with van der Waals surface area (Å²) in [6.45, 7) is 5.03. The van der Waals surface area contributed by atoms with Crippen molar-refractivity contribution in [2.45, 2.75) is 121 Å². The fourth-order valence-electron chi connectivity index (χ4n) is 6.96. The Morgan fingerprint density at radius 1 is 0.891 bits per heavy atom. The Morgan fingerprint density at radius 3 is 2.11 bits per heavy atom. The van der Waals surface area contributed by atoms with Crippen molar-refractivity contribution in [3.05, 3.63) is 48.0 Å². The molecule has 354 valence electrons. The SMILES string of the molecule is CSCCC(N)C(=O)NC(Cc1cnc[nH]1)C(=O)NC(CCCN=C(N)N)C(=O)NC(Cc1ccc(O)cc1)C(=O)NC(C(=O)N1CCCC1C(=O)NC(CC(C)C)C(=O)O)C(C)O. The Kier molecular flexibility index (Phi) is 21.3. The lowest BCUT2D eigenvalue weighted by Crippen LogP contribution is -2.62. The average molecular weight is 917 g/mol. The number of amides is 6. The molecule has 1 aromatic heterocycles. The van der Waals surface area contributed by atoms with E-state index in [9.17, 15) is 48.9 Å². The molecular weight excluding hydrogens is 853 g/mol. The Hall–Kier alpha value is -5.94. The minimum absolute atomic E-state index is 0.0482. The summed E-state index contributed by atoms with van der Waals surface area (Å²) in [6, 6.07) is -3.07. The van der Waals surface area contributed by atoms with Crippen molar-refractivity contribution < 1.29 is 48.9 Å². The summed E-state index contributed by atoms with van der Waals surface area (Å²) < 4.78 is 0. The van der Waals surface area contributed by atoms with Gasteiger partial charge in [-0.05, 0) is 81.1 Å². The highest BCUT2D eigenvalue weighted by Gasteiger charge is 2.41. The van der Waals surface area contributed by atoms with Crippen LogP contribution in [0, 0.1) is 5.92 Å². The van der Waals surface area contributed by atoms with Crippen molar-refractivity contribution in [1.82, 2.24) is 41.5 Å². The number of carboxylic acid groups (broad SMARTS) is 1. The van der Waals surface area contributed by atoms with Crippen molar-refractivity contribution in [3.8, 4) is 5.75 Å². The van der Waals surface area contributed by atoms with Gasteiger partial charge in [0.1, 0.15) is 42.0 Å². The number of nitrogens with two attached hydrogens (primary N) is 3. The number of hydrogen-bond acceptors (Lipinski definition) is 13. The molecule has 1 saturated heterocycles. The second-order valence-corrected chi connectivity index (χ2v) is 17.1. The number of carboxylic acids is 1. The molecule has 0 saturated carbocycles. The number of aromatic amines is 1. The van der Waals surface area contributed by atoms with Crippen LogP contribution in [0.4, 0.5) is 0 Å². The summed E-state index contributed by atoms with van der Waals surface area (Å²) in [7, 11) is 0. The molecule has 1 aliphatic rings. The largest absolute Gasteiger partial charge is 0.508 e. The number of aliphatic imine (C=N–C) groups is 1. The molecule has 1 fully saturated rings. The van der Waals surface area contributed by atoms with E-state index in [1.54, 1.807) is 13.8 Å². The van der Waals surface area contributed by atoms with E-state index in [4.69, 9.17) is 17.2 Å². The Bertz CT molecular complexity index is 1900. The Morgan fingerprint density at radius 2 is 1.52 bits per heavy atom. The number of aliphatic hydroxyl groups is 1. The number of hydrogen-bond donors (Lipinski definition) is 12. The van der Waals surface area contributed by atoms with Crippen LogP contribution < -0.4 is 43.8 Å². The number of rotatable bonds is 26. The van der Waals surface area contributed by atoms with Gasteiger partial charge in [0.05, 0.1) is 18.5 Å². The Balaban J connectivity index is 1.92. The number of aliphatic carboxylic acids is 1. The fraction of sp³-hybridized carbons (Fsp3) is 0.585. The highest BCUT2D eigenvalue weighted by atomic mass is 32.2. The van der Waals surface area contributed by atoms with Crippen molar-refractivity contribution in [3.63, 3.8) is 0 Å². The Labute approximate surface area is 376 Å². The first-order chi connectivity index (χ1) is 30.3. The van der Waals surface area contributed by atoms with Gasteiger partial charge < -0.3 is 69.0 Å². The molecule has 0 radical (unpaired) electrons. The molecule has 2 heterocycles. The zero-order chi connectivity index (χ0) is 47.5. The highest BCUT2D eigenvalue weighted by Crippen LogP contribution is 2.21. The van der Waals surface area contributed by atoms with Crippen LogP contribution in [-0.2, 0) is 46.4 Å². The molecule has 22 nitrogen and oxygen atoms in total. The predicted octanol–water partition coefficient (Wildman–Crippen LogP) is -2.04. The minimum atomic E-state index is -1.62. The third-order valence-electron chi connectivity index (χ3n) is 10.4. The van der Waals surface area contributed by atoms with E-state index in [-0.39, 0.29) is 69.2 Å². The lowest BCUT2D eigenvalue weighted by Gasteiger charge is -2.32. The zero-order valence-electron chi connectivity index (χ0n) is 36.6. The van der Waals surface area contributed by atoms with Gasteiger partial charge in [0.25, 0.3) is 0 Å². The second-order valence-electron chi connectivity index (χ2n) is 16.1. The number of phenols is 1. The highest BCUT2D eigenvalue weighted by molar-refractivity contribution is 7.98. The second kappa shape index (κ2) is 26.0. The third kappa shape index (κ3) is 17.0. The molecule has 23 heteroatoms. The molecule has 15 N–H and O–H groups in total. The molecule has 0 aliphatic carbocycles. The summed E-state index contributed by atoms with van der Waals surface area (Å²) in [5.41, 5.74) is 18.1. The van der Waals surface area contributed by atoms with E-state index in [1.165, 1.54) is 60.4 Å². The molecule has 1 aromatic carbocycles. The van der Waals surface area contributed by atoms with Crippen LogP contribution in [0.25, 0.3) is 0 Å². The maximum atomic E-state index is 14.3. The quantitative estimate of drug-likeness (QED) is 0.0275. The number of nitrogens with one attached hydrogen (secondary N) is 6. The van der Waals surface area contributed by atoms with Gasteiger partial charge in [0, 0.05) is 37.8 Å². The number of aromatic hydroxyl groups is 1. The van der Waals surface area contributed by atoms with E-state index in [0.717, 1.165) is 0 Å². The number of aromatic nitrogens is 2. The first kappa shape index (κ1) is 52.4. The number of aliphatic hydroxyl groups excluding tert-OH is 1. The number of phenolic OH excluding ortho intramolecular Hbond substituents is 1. The first-order valence-corrected chi connectivity index (χ1v) is 22.5. The molecule has 8 atom stereocenters. The molecule has 6 amide bonds. The van der Waals surface area contributed by atoms with E-state index < -0.39 is 89.8 Å². The van der Waals surface area contributed by atoms with E-state index in [0.29, 0.717) is 29.9 Å². The summed E-state index contributed by atoms with van der Waals surface area (Å²) in [5, 5.41) is 43.6. The maximum Gasteiger partial charge on any atom is 0.326 e. The van der Waals surface area contributed by atoms with Gasteiger partial charge in [-0.15, -0.1) is 0 Å². The van der Waals surface area contributed by atoms with Crippen LogP contribution in [0.2, 0.25) is 0 Å². The normalized spacial score (nSPS) is 16.9. The number of H-pyrrole nitrogens is 1. The molecule has 64 heavy (non-hydrogen) atoms. The summed E-state index contributed by atoms with van der Waals surface area (Å²) in [4.78, 5) is 107. The first-order valence-electron chi connectivity index (χ1n) is 21.1. The van der Waals surface area contributed by atoms with Gasteiger partial charge in [-0.3, -0.25) is 33.8 Å². The van der Waals surface area contributed by atoms with Gasteiger partial charge in [-0.1, -0.05) is 26.0 Å². The molecule has 2 aromatic rings. The van der Waals surface area contributed by atoms with Crippen molar-refractivity contribution in [1.29, 1.82) is 0 Å². The van der Waals surface area contributed by atoms with Gasteiger partial charge in [-0.2, -0.15) is 11.8 Å². The summed E-state index contributed by atoms with van der Waals surface area (Å²) in [5.74, 6) is -5.57. The van der Waals surface area contributed by atoms with Gasteiger partial charge in [0.2, 0.25) is 35.4 Å². The fourth-order valence-corrected chi connectivity index (χ4v) is 7.45. The van der Waals surface area contributed by atoms with Crippen molar-refractivity contribution >= 4 is 59.1 Å². The minimum Gasteiger partial charge on any atom is -0.508 e. The summed E-state index contributed by atoms with van der Waals surface area (Å²) >= 11 is 1.50. The topological polar surface area (TPSA) is 363 Å². The number of carbonyl (C=O) groups is 7. The van der Waals surface area contributed by atoms with Crippen molar-refractivity contribution in [2.24, 2.45) is 28.1 Å². The standard InChI is InChI=1S/C41H64N12O10S/c1-22(2)17-31(40(62)63)51-38(60)32-8-6-15-53(32)39(61)33(23(3)54)52-37(59)29(18-24-9-11-26(55)12-10-24)50-35(57)28(7-5-14-46-41(43)44)48-36(58)30(19-25-20-45-21-47-25)49-34(56)27(42)13-16-64-4/h9-12,20-23,27-33,54-55H,5-8,13-19,42H2,1-4H3,(H,45,47)(H,48,58)(H,49,56)(H,50,57)(H,51,60)(H,52,59)(H,62,63)(H4,43,44,46). The van der Waals surface area contributed by atoms with E-state index >= 15 is 0 Å². The van der Waals surface area contributed by atoms with Crippen LogP contribution in [-0.4, -0.2) is 151 Å². The number of imidazole rings is 1. The number of thioether (sulfide) groups is 1. The zero-order valence-corrected chi connectivity index (χ0v) is 37.4. The number of nitrogens with zero attached hydrogens (tertiary/aromatic N) is 3. The number of benzene rings is 1. The van der Waals surface area contributed by atoms with Crippen LogP contribution in [0.5, 0.6) is 5.75 Å². The molecule has 8 unspecified atom stereocenters. The third-order valence-corrected chi connectivity index (χ3v) is 11.0. The average Bonchev–Trinajstić information content (AvgIpc) is 3.95. The van der Waals surface area contributed by atoms with Crippen molar-refractivity contribution in [2.75, 3.05) is 25.1 Å². The van der Waals surface area contributed by atoms with Crippen LogP contribution in [0.15, 0.2) is 41.8 Å². The lowest BCUT2D eigenvalue weighted by molar-refractivity contribution is -0.146. The molecule has 0 bridgehead atoms. The van der Waals surface area contributed by atoms with Crippen LogP contribution in [0.3, 0.4) is 0 Å². The maximum absolute atomic E-state index is 14.3. The molecule has 1 aliphatic heterocycles. The van der Waals surface area contributed by atoms with E-state index in [2.05, 4.69) is 41.5 Å². The molecule has 3 rings (SSSR count). The van der Waals surface area contributed by atoms with Gasteiger partial charge in [-0.25, -0.2) is 9.78 Å². The predicted molar refractivity (Wildman–Crippen MR) is 238 cm³/mol. The van der Waals surface area contributed by atoms with Gasteiger partial charge in [0.15, 0.2) is 5.96 Å². The smallest absolute Gasteiger partial charge is 0.326 e. The number of carbonyl (C=O) groups excluding carboxylic acids is 6. The number of likely N-dealkylation sites (tertiary alicyclic amines) is 1. The van der Waals surface area contributed by atoms with E-state index in [1.807, 2.05) is 6.26 Å². The lowest BCUT2D eigenvalue weighted by atomic mass is 10.0. The monoisotopic (exact) mass is 916 g/mol. The van der Waals surface area contributed by atoms with Gasteiger partial charge >= 0.3 is 5.97 Å². The van der Waals surface area contributed by atoms with Crippen LogP contribution >= 0.6 is 11.8 Å². The van der Waals surface area contributed by atoms with Crippen LogP contribution in [0.1, 0.15) is 70.6 Å². The molecule has 0 spiro atoms.